The smallest absolute Gasteiger partial charge is 0.122 e. The first-order valence-electron chi connectivity index (χ1n) is 7.76. The zero-order chi connectivity index (χ0) is 16.8. The van der Waals surface area contributed by atoms with E-state index in [9.17, 15) is 0 Å². The van der Waals surface area contributed by atoms with E-state index in [1.807, 2.05) is 6.26 Å². The lowest BCUT2D eigenvalue weighted by Gasteiger charge is -2.02. The first kappa shape index (κ1) is 21.4. The Morgan fingerprint density at radius 3 is 2.09 bits per heavy atom. The van der Waals surface area contributed by atoms with Gasteiger partial charge in [-0.2, -0.15) is 11.8 Å². The molecule has 0 atom stereocenters. The average molecular weight is 342 g/mol. The maximum Gasteiger partial charge on any atom is 0.122 e. The minimum Gasteiger partial charge on any atom is -0.410 e. The van der Waals surface area contributed by atoms with Gasteiger partial charge in [0.25, 0.3) is 0 Å². The molecule has 0 saturated heterocycles. The van der Waals surface area contributed by atoms with Gasteiger partial charge in [0.2, 0.25) is 0 Å². The van der Waals surface area contributed by atoms with E-state index in [1.165, 1.54) is 34.9 Å². The van der Waals surface area contributed by atoms with Crippen molar-refractivity contribution in [2.75, 3.05) is 17.8 Å². The fourth-order valence-electron chi connectivity index (χ4n) is 1.81. The molecule has 0 unspecified atom stereocenters. The molecule has 2 nitrogen and oxygen atoms in total. The van der Waals surface area contributed by atoms with E-state index in [0.29, 0.717) is 0 Å². The average Bonchev–Trinajstić information content (AvgIpc) is 2.47. The van der Waals surface area contributed by atoms with Crippen molar-refractivity contribution in [3.63, 3.8) is 0 Å². The van der Waals surface area contributed by atoms with Crippen molar-refractivity contribution in [3.8, 4) is 0 Å². The van der Waals surface area contributed by atoms with Crippen LogP contribution in [-0.2, 0) is 0 Å². The third kappa shape index (κ3) is 13.1. The number of thioether (sulfide) groups is 2. The molecule has 0 fully saturated rings. The molecule has 0 aromatic carbocycles. The second-order valence-electron chi connectivity index (χ2n) is 5.67. The van der Waals surface area contributed by atoms with Crippen molar-refractivity contribution < 1.29 is 5.21 Å². The van der Waals surface area contributed by atoms with Gasteiger partial charge in [0.05, 0.1) is 0 Å². The zero-order valence-electron chi connectivity index (χ0n) is 14.7. The van der Waals surface area contributed by atoms with E-state index in [1.54, 1.807) is 11.8 Å². The number of oxime groups is 1. The van der Waals surface area contributed by atoms with E-state index >= 15 is 0 Å². The van der Waals surface area contributed by atoms with E-state index in [4.69, 9.17) is 5.21 Å². The van der Waals surface area contributed by atoms with Crippen molar-refractivity contribution in [1.29, 1.82) is 0 Å². The number of rotatable bonds is 10. The Balaban J connectivity index is 3.89. The maximum absolute atomic E-state index is 8.72. The summed E-state index contributed by atoms with van der Waals surface area (Å²) in [5.41, 5.74) is 4.33. The van der Waals surface area contributed by atoms with Crippen molar-refractivity contribution in [2.24, 2.45) is 5.16 Å². The molecule has 0 aromatic heterocycles. The van der Waals surface area contributed by atoms with Crippen LogP contribution in [0.4, 0.5) is 0 Å². The highest BCUT2D eigenvalue weighted by Gasteiger charge is 1.97. The largest absolute Gasteiger partial charge is 0.410 e. The Labute approximate surface area is 145 Å². The molecule has 0 rings (SSSR count). The number of hydrogen-bond donors (Lipinski definition) is 1. The summed E-state index contributed by atoms with van der Waals surface area (Å²) in [6.07, 6.45) is 13.5. The molecule has 126 valence electrons. The molecule has 0 aliphatic carbocycles. The second kappa shape index (κ2) is 14.0. The SMILES string of the molecule is CSC(CSCC=C(C)CCC=C(C)CCC=C(C)C)=NO. The highest BCUT2D eigenvalue weighted by atomic mass is 32.2. The summed E-state index contributed by atoms with van der Waals surface area (Å²) in [7, 11) is 0. The van der Waals surface area contributed by atoms with Gasteiger partial charge < -0.3 is 5.21 Å². The molecule has 0 radical (unpaired) electrons. The summed E-state index contributed by atoms with van der Waals surface area (Å²) in [5, 5.41) is 12.8. The third-order valence-electron chi connectivity index (χ3n) is 3.25. The molecule has 4 heteroatoms. The van der Waals surface area contributed by atoms with Gasteiger partial charge in [-0.15, -0.1) is 11.8 Å². The normalized spacial score (nSPS) is 13.4. The van der Waals surface area contributed by atoms with Crippen LogP contribution in [-0.4, -0.2) is 28.0 Å². The number of hydrogen-bond acceptors (Lipinski definition) is 4. The van der Waals surface area contributed by atoms with E-state index < -0.39 is 0 Å². The fraction of sp³-hybridized carbons (Fsp3) is 0.611. The summed E-state index contributed by atoms with van der Waals surface area (Å²) in [4.78, 5) is 0. The highest BCUT2D eigenvalue weighted by molar-refractivity contribution is 8.15. The molecule has 0 amide bonds. The lowest BCUT2D eigenvalue weighted by molar-refractivity contribution is 0.320. The maximum atomic E-state index is 8.72. The van der Waals surface area contributed by atoms with Gasteiger partial charge in [0.1, 0.15) is 5.04 Å². The van der Waals surface area contributed by atoms with Gasteiger partial charge in [0, 0.05) is 11.5 Å². The Bertz CT molecular complexity index is 419. The van der Waals surface area contributed by atoms with Crippen LogP contribution in [0, 0.1) is 0 Å². The lowest BCUT2D eigenvalue weighted by atomic mass is 10.1. The van der Waals surface area contributed by atoms with Crippen LogP contribution in [0.2, 0.25) is 0 Å². The Hall–Kier alpha value is -0.610. The molecular formula is C18H31NOS2. The van der Waals surface area contributed by atoms with Crippen molar-refractivity contribution in [2.45, 2.75) is 53.4 Å². The lowest BCUT2D eigenvalue weighted by Crippen LogP contribution is -1.95. The van der Waals surface area contributed by atoms with E-state index in [0.717, 1.165) is 35.8 Å². The van der Waals surface area contributed by atoms with Gasteiger partial charge >= 0.3 is 0 Å². The van der Waals surface area contributed by atoms with Crippen LogP contribution >= 0.6 is 23.5 Å². The molecule has 0 aromatic rings. The molecule has 22 heavy (non-hydrogen) atoms. The minimum absolute atomic E-state index is 0.783. The molecule has 0 bridgehead atoms. The highest BCUT2D eigenvalue weighted by Crippen LogP contribution is 2.13. The minimum atomic E-state index is 0.783. The molecule has 0 aliphatic rings. The van der Waals surface area contributed by atoms with Gasteiger partial charge in [-0.05, 0) is 59.6 Å². The summed E-state index contributed by atoms with van der Waals surface area (Å²) in [6, 6.07) is 0. The Morgan fingerprint density at radius 1 is 0.955 bits per heavy atom. The van der Waals surface area contributed by atoms with Gasteiger partial charge in [-0.3, -0.25) is 0 Å². The first-order chi connectivity index (χ1) is 10.5. The Kier molecular flexibility index (Phi) is 13.6. The summed E-state index contributed by atoms with van der Waals surface area (Å²) < 4.78 is 0. The topological polar surface area (TPSA) is 32.6 Å². The molecule has 0 aliphatic heterocycles. The van der Waals surface area contributed by atoms with Crippen LogP contribution in [0.3, 0.4) is 0 Å². The van der Waals surface area contributed by atoms with Crippen LogP contribution in [0.15, 0.2) is 40.1 Å². The van der Waals surface area contributed by atoms with Crippen LogP contribution in [0.25, 0.3) is 0 Å². The molecular weight excluding hydrogens is 310 g/mol. The Morgan fingerprint density at radius 2 is 1.55 bits per heavy atom. The van der Waals surface area contributed by atoms with Crippen molar-refractivity contribution in [3.05, 3.63) is 34.9 Å². The predicted molar refractivity (Wildman–Crippen MR) is 105 cm³/mol. The van der Waals surface area contributed by atoms with Crippen LogP contribution in [0.5, 0.6) is 0 Å². The fourth-order valence-corrected chi connectivity index (χ4v) is 3.37. The molecule has 0 saturated carbocycles. The second-order valence-corrected chi connectivity index (χ2v) is 7.58. The van der Waals surface area contributed by atoms with Gasteiger partial charge in [0.15, 0.2) is 0 Å². The van der Waals surface area contributed by atoms with Crippen molar-refractivity contribution in [1.82, 2.24) is 0 Å². The molecule has 0 spiro atoms. The van der Waals surface area contributed by atoms with Crippen molar-refractivity contribution >= 4 is 28.6 Å². The standard InChI is InChI=1S/C18H31NOS2/c1-15(2)8-6-9-16(3)10-7-11-17(4)12-13-22-14-18(19-20)21-5/h8,10,12,20H,6-7,9,11,13-14H2,1-5H3. The molecule has 1 N–H and O–H groups in total. The molecule has 0 heterocycles. The summed E-state index contributed by atoms with van der Waals surface area (Å²) in [6.45, 7) is 8.73. The van der Waals surface area contributed by atoms with Crippen LogP contribution < -0.4 is 0 Å². The third-order valence-corrected chi connectivity index (χ3v) is 5.00. The van der Waals surface area contributed by atoms with Gasteiger partial charge in [-0.1, -0.05) is 40.1 Å². The van der Waals surface area contributed by atoms with Crippen LogP contribution in [0.1, 0.15) is 53.4 Å². The summed E-state index contributed by atoms with van der Waals surface area (Å²) >= 11 is 3.28. The summed E-state index contributed by atoms with van der Waals surface area (Å²) in [5.74, 6) is 1.76. The quantitative estimate of drug-likeness (QED) is 0.127. The first-order valence-corrected chi connectivity index (χ1v) is 10.1. The number of allylic oxidation sites excluding steroid dienone is 5. The van der Waals surface area contributed by atoms with Gasteiger partial charge in [-0.25, -0.2) is 0 Å². The number of nitrogens with zero attached hydrogens (tertiary/aromatic N) is 1. The monoisotopic (exact) mass is 341 g/mol. The van der Waals surface area contributed by atoms with E-state index in [-0.39, 0.29) is 0 Å². The van der Waals surface area contributed by atoms with E-state index in [2.05, 4.69) is 51.1 Å². The zero-order valence-corrected chi connectivity index (χ0v) is 16.3. The predicted octanol–water partition coefficient (Wildman–Crippen LogP) is 6.29.